The van der Waals surface area contributed by atoms with Crippen molar-refractivity contribution >= 4 is 34.8 Å². The van der Waals surface area contributed by atoms with Gasteiger partial charge in [0.25, 0.3) is 5.91 Å². The molecule has 3 nitrogen and oxygen atoms in total. The summed E-state index contributed by atoms with van der Waals surface area (Å²) in [6.07, 6.45) is 1.53. The van der Waals surface area contributed by atoms with Gasteiger partial charge in [0.15, 0.2) is 0 Å². The molecule has 1 aromatic heterocycles. The van der Waals surface area contributed by atoms with Gasteiger partial charge >= 0.3 is 0 Å². The topological polar surface area (TPSA) is 42.0 Å². The summed E-state index contributed by atoms with van der Waals surface area (Å²) in [5.74, 6) is 0.243. The van der Waals surface area contributed by atoms with Gasteiger partial charge in [-0.05, 0) is 36.2 Å². The number of aryl methyl sites for hydroxylation is 1. The maximum atomic E-state index is 12.0. The number of hydrogen-bond donors (Lipinski definition) is 1. The molecule has 5 heteroatoms. The Balaban J connectivity index is 2.13. The molecule has 0 radical (unpaired) electrons. The average molecular weight is 295 g/mol. The Morgan fingerprint density at radius 2 is 2.00 bits per heavy atom. The van der Waals surface area contributed by atoms with Gasteiger partial charge in [0.2, 0.25) is 0 Å². The maximum absolute atomic E-state index is 12.0. The Morgan fingerprint density at radius 3 is 2.58 bits per heavy atom. The van der Waals surface area contributed by atoms with Crippen LogP contribution in [-0.4, -0.2) is 10.9 Å². The summed E-state index contributed by atoms with van der Waals surface area (Å²) >= 11 is 11.5. The third-order valence-corrected chi connectivity index (χ3v) is 3.35. The van der Waals surface area contributed by atoms with Gasteiger partial charge in [0, 0.05) is 11.4 Å². The molecular weight excluding hydrogens is 283 g/mol. The highest BCUT2D eigenvalue weighted by Gasteiger charge is 2.07. The number of rotatable bonds is 3. The molecule has 0 atom stereocenters. The quantitative estimate of drug-likeness (QED) is 0.686. The van der Waals surface area contributed by atoms with Crippen molar-refractivity contribution in [3.8, 4) is 0 Å². The Hall–Kier alpha value is -1.58. The van der Waals surface area contributed by atoms with E-state index in [1.54, 1.807) is 18.2 Å². The molecule has 0 saturated carbocycles. The zero-order valence-electron chi connectivity index (χ0n) is 10.3. The van der Waals surface area contributed by atoms with Crippen LogP contribution in [0.4, 0.5) is 5.69 Å². The summed E-state index contributed by atoms with van der Waals surface area (Å²) in [6.45, 7) is 1.83. The van der Waals surface area contributed by atoms with E-state index in [2.05, 4.69) is 10.3 Å². The zero-order valence-corrected chi connectivity index (χ0v) is 11.8. The van der Waals surface area contributed by atoms with Crippen LogP contribution in [0.15, 0.2) is 36.5 Å². The molecule has 0 aliphatic rings. The molecule has 1 N–H and O–H groups in total. The number of anilines is 1. The van der Waals surface area contributed by atoms with Crippen LogP contribution in [0.2, 0.25) is 5.15 Å². The molecule has 1 heterocycles. The molecule has 0 aliphatic heterocycles. The first-order valence-electron chi connectivity index (χ1n) is 5.68. The second kappa shape index (κ2) is 6.04. The highest BCUT2D eigenvalue weighted by atomic mass is 35.5. The van der Waals surface area contributed by atoms with E-state index in [9.17, 15) is 4.79 Å². The van der Waals surface area contributed by atoms with Crippen LogP contribution in [0.25, 0.3) is 0 Å². The number of carbonyl (C=O) groups excluding carboxylic acids is 1. The van der Waals surface area contributed by atoms with Crippen LogP contribution >= 0.6 is 23.2 Å². The van der Waals surface area contributed by atoms with E-state index in [0.29, 0.717) is 22.3 Å². The van der Waals surface area contributed by atoms with E-state index < -0.39 is 0 Å². The van der Waals surface area contributed by atoms with Crippen LogP contribution in [0, 0.1) is 6.92 Å². The first-order valence-corrected chi connectivity index (χ1v) is 6.60. The van der Waals surface area contributed by atoms with Gasteiger partial charge in [-0.3, -0.25) is 4.79 Å². The Morgan fingerprint density at radius 1 is 1.32 bits per heavy atom. The average Bonchev–Trinajstić information content (AvgIpc) is 2.43. The van der Waals surface area contributed by atoms with Gasteiger partial charge in [-0.1, -0.05) is 23.7 Å². The SMILES string of the molecule is Cc1cc(NC(=O)c2ccc(CCl)cc2)cnc1Cl. The molecule has 2 aromatic rings. The zero-order chi connectivity index (χ0) is 13.8. The lowest BCUT2D eigenvalue weighted by atomic mass is 10.1. The van der Waals surface area contributed by atoms with Crippen LogP contribution < -0.4 is 5.32 Å². The van der Waals surface area contributed by atoms with Crippen LogP contribution in [0.1, 0.15) is 21.5 Å². The third kappa shape index (κ3) is 3.46. The lowest BCUT2D eigenvalue weighted by molar-refractivity contribution is 0.102. The van der Waals surface area contributed by atoms with Crippen LogP contribution in [0.3, 0.4) is 0 Å². The van der Waals surface area contributed by atoms with Crippen molar-refractivity contribution < 1.29 is 4.79 Å². The maximum Gasteiger partial charge on any atom is 0.255 e. The highest BCUT2D eigenvalue weighted by molar-refractivity contribution is 6.30. The van der Waals surface area contributed by atoms with Gasteiger partial charge in [-0.2, -0.15) is 0 Å². The molecule has 0 unspecified atom stereocenters. The number of hydrogen-bond acceptors (Lipinski definition) is 2. The second-order valence-corrected chi connectivity index (χ2v) is 4.74. The van der Waals surface area contributed by atoms with Crippen molar-refractivity contribution in [2.75, 3.05) is 5.32 Å². The summed E-state index contributed by atoms with van der Waals surface area (Å²) in [5, 5.41) is 3.21. The normalized spacial score (nSPS) is 10.3. The summed E-state index contributed by atoms with van der Waals surface area (Å²) in [7, 11) is 0. The predicted octanol–water partition coefficient (Wildman–Crippen LogP) is 4.03. The number of halogens is 2. The molecule has 0 spiro atoms. The smallest absolute Gasteiger partial charge is 0.255 e. The molecule has 1 aromatic carbocycles. The number of amides is 1. The van der Waals surface area contributed by atoms with E-state index in [-0.39, 0.29) is 5.91 Å². The van der Waals surface area contributed by atoms with E-state index in [4.69, 9.17) is 23.2 Å². The van der Waals surface area contributed by atoms with E-state index in [1.165, 1.54) is 6.20 Å². The minimum atomic E-state index is -0.190. The van der Waals surface area contributed by atoms with Gasteiger partial charge in [0.05, 0.1) is 11.9 Å². The molecule has 19 heavy (non-hydrogen) atoms. The molecular formula is C14H12Cl2N2O. The highest BCUT2D eigenvalue weighted by Crippen LogP contribution is 2.17. The number of alkyl halides is 1. The van der Waals surface area contributed by atoms with Gasteiger partial charge in [-0.25, -0.2) is 4.98 Å². The first kappa shape index (κ1) is 13.8. The summed E-state index contributed by atoms with van der Waals surface area (Å²) < 4.78 is 0. The fraction of sp³-hybridized carbons (Fsp3) is 0.143. The minimum Gasteiger partial charge on any atom is -0.321 e. The molecule has 0 fully saturated rings. The van der Waals surface area contributed by atoms with Crippen molar-refractivity contribution in [1.29, 1.82) is 0 Å². The van der Waals surface area contributed by atoms with Gasteiger partial charge in [-0.15, -0.1) is 11.6 Å². The predicted molar refractivity (Wildman–Crippen MR) is 77.9 cm³/mol. The third-order valence-electron chi connectivity index (χ3n) is 2.64. The van der Waals surface area contributed by atoms with Crippen molar-refractivity contribution in [2.24, 2.45) is 0 Å². The van der Waals surface area contributed by atoms with Crippen LogP contribution in [-0.2, 0) is 5.88 Å². The Kier molecular flexibility index (Phi) is 4.40. The minimum absolute atomic E-state index is 0.190. The largest absolute Gasteiger partial charge is 0.321 e. The molecule has 1 amide bonds. The van der Waals surface area contributed by atoms with E-state index >= 15 is 0 Å². The number of carbonyl (C=O) groups is 1. The van der Waals surface area contributed by atoms with Crippen molar-refractivity contribution in [2.45, 2.75) is 12.8 Å². The molecule has 0 saturated heterocycles. The molecule has 0 bridgehead atoms. The summed E-state index contributed by atoms with van der Waals surface area (Å²) in [4.78, 5) is 16.0. The Labute approximate surface area is 121 Å². The number of pyridine rings is 1. The van der Waals surface area contributed by atoms with Gasteiger partial charge in [0.1, 0.15) is 5.15 Å². The number of benzene rings is 1. The summed E-state index contributed by atoms with van der Waals surface area (Å²) in [6, 6.07) is 8.91. The number of aromatic nitrogens is 1. The number of nitrogens with one attached hydrogen (secondary N) is 1. The standard InChI is InChI=1S/C14H12Cl2N2O/c1-9-6-12(8-17-13(9)16)18-14(19)11-4-2-10(7-15)3-5-11/h2-6,8H,7H2,1H3,(H,18,19). The second-order valence-electron chi connectivity index (χ2n) is 4.12. The lowest BCUT2D eigenvalue weighted by Crippen LogP contribution is -2.12. The van der Waals surface area contributed by atoms with Crippen molar-refractivity contribution in [1.82, 2.24) is 4.98 Å². The number of nitrogens with zero attached hydrogens (tertiary/aromatic N) is 1. The van der Waals surface area contributed by atoms with Crippen molar-refractivity contribution in [3.05, 3.63) is 58.4 Å². The van der Waals surface area contributed by atoms with Crippen molar-refractivity contribution in [3.63, 3.8) is 0 Å². The summed E-state index contributed by atoms with van der Waals surface area (Å²) in [5.41, 5.74) is 2.98. The van der Waals surface area contributed by atoms with E-state index in [1.807, 2.05) is 19.1 Å². The molecule has 0 aliphatic carbocycles. The van der Waals surface area contributed by atoms with Gasteiger partial charge < -0.3 is 5.32 Å². The van der Waals surface area contributed by atoms with Crippen LogP contribution in [0.5, 0.6) is 0 Å². The fourth-order valence-electron chi connectivity index (χ4n) is 1.57. The monoisotopic (exact) mass is 294 g/mol. The van der Waals surface area contributed by atoms with E-state index in [0.717, 1.165) is 11.1 Å². The fourth-order valence-corrected chi connectivity index (χ4v) is 1.86. The lowest BCUT2D eigenvalue weighted by Gasteiger charge is -2.06. The Bertz CT molecular complexity index is 597. The molecule has 98 valence electrons. The first-order chi connectivity index (χ1) is 9.10. The molecule has 2 rings (SSSR count).